The van der Waals surface area contributed by atoms with Gasteiger partial charge in [0.05, 0.1) is 11.5 Å². The zero-order valence-electron chi connectivity index (χ0n) is 14.0. The average molecular weight is 346 g/mol. The highest BCUT2D eigenvalue weighted by Crippen LogP contribution is 2.24. The van der Waals surface area contributed by atoms with Crippen LogP contribution in [0.25, 0.3) is 11.3 Å². The number of rotatable bonds is 4. The Labute approximate surface area is 142 Å². The van der Waals surface area contributed by atoms with E-state index in [-0.39, 0.29) is 23.5 Å². The number of carbonyl (C=O) groups excluding carboxylic acids is 1. The molecule has 6 heteroatoms. The summed E-state index contributed by atoms with van der Waals surface area (Å²) in [6.45, 7) is 2.40. The van der Waals surface area contributed by atoms with Gasteiger partial charge < -0.3 is 9.47 Å². The molecule has 2 aromatic rings. The third kappa shape index (κ3) is 3.11. The van der Waals surface area contributed by atoms with Crippen molar-refractivity contribution >= 4 is 15.7 Å². The van der Waals surface area contributed by atoms with Crippen LogP contribution < -0.4 is 0 Å². The van der Waals surface area contributed by atoms with E-state index in [9.17, 15) is 13.2 Å². The van der Waals surface area contributed by atoms with E-state index in [1.807, 2.05) is 61.0 Å². The lowest BCUT2D eigenvalue weighted by Gasteiger charge is -2.27. The van der Waals surface area contributed by atoms with Gasteiger partial charge in [0.1, 0.15) is 5.69 Å². The maximum Gasteiger partial charge on any atom is 0.270 e. The smallest absolute Gasteiger partial charge is 0.270 e. The van der Waals surface area contributed by atoms with Crippen molar-refractivity contribution in [2.45, 2.75) is 19.4 Å². The van der Waals surface area contributed by atoms with Crippen molar-refractivity contribution in [3.05, 3.63) is 48.2 Å². The minimum Gasteiger partial charge on any atom is -0.340 e. The predicted octanol–water partition coefficient (Wildman–Crippen LogP) is 2.34. The van der Waals surface area contributed by atoms with Gasteiger partial charge in [-0.1, -0.05) is 30.3 Å². The van der Waals surface area contributed by atoms with Crippen molar-refractivity contribution in [2.24, 2.45) is 7.05 Å². The summed E-state index contributed by atoms with van der Waals surface area (Å²) in [5, 5.41) is 0. The Morgan fingerprint density at radius 1 is 1.21 bits per heavy atom. The van der Waals surface area contributed by atoms with Crippen LogP contribution in [0.15, 0.2) is 42.5 Å². The van der Waals surface area contributed by atoms with Gasteiger partial charge in [0, 0.05) is 25.3 Å². The lowest BCUT2D eigenvalue weighted by Crippen LogP contribution is -2.41. The van der Waals surface area contributed by atoms with Crippen LogP contribution in [0.4, 0.5) is 0 Å². The van der Waals surface area contributed by atoms with Crippen molar-refractivity contribution in [3.8, 4) is 11.3 Å². The van der Waals surface area contributed by atoms with Crippen LogP contribution in [-0.4, -0.2) is 47.9 Å². The molecule has 1 aromatic heterocycles. The summed E-state index contributed by atoms with van der Waals surface area (Å²) in [7, 11) is -1.15. The summed E-state index contributed by atoms with van der Waals surface area (Å²) in [5.74, 6) is 0.135. The fourth-order valence-electron chi connectivity index (χ4n) is 3.36. The molecule has 1 saturated heterocycles. The highest BCUT2D eigenvalue weighted by atomic mass is 32.2. The molecule has 1 fully saturated rings. The Morgan fingerprint density at radius 2 is 1.92 bits per heavy atom. The molecule has 3 rings (SSSR count). The zero-order chi connectivity index (χ0) is 17.3. The summed E-state index contributed by atoms with van der Waals surface area (Å²) in [5.41, 5.74) is 2.60. The molecule has 24 heavy (non-hydrogen) atoms. The van der Waals surface area contributed by atoms with Crippen LogP contribution in [-0.2, 0) is 16.9 Å². The van der Waals surface area contributed by atoms with E-state index in [1.165, 1.54) is 0 Å². The van der Waals surface area contributed by atoms with Gasteiger partial charge in [-0.05, 0) is 31.0 Å². The number of benzene rings is 1. The second-order valence-corrected chi connectivity index (χ2v) is 8.41. The van der Waals surface area contributed by atoms with Crippen LogP contribution in [0.3, 0.4) is 0 Å². The van der Waals surface area contributed by atoms with Gasteiger partial charge in [0.25, 0.3) is 5.91 Å². The fraction of sp³-hybridized carbons (Fsp3) is 0.389. The molecule has 0 aliphatic carbocycles. The second kappa shape index (κ2) is 6.43. The highest BCUT2D eigenvalue weighted by Gasteiger charge is 2.34. The number of nitrogens with zero attached hydrogens (tertiary/aromatic N) is 2. The van der Waals surface area contributed by atoms with E-state index in [0.29, 0.717) is 18.7 Å². The van der Waals surface area contributed by atoms with Crippen molar-refractivity contribution in [1.82, 2.24) is 9.47 Å². The van der Waals surface area contributed by atoms with Gasteiger partial charge in [0.15, 0.2) is 9.84 Å². The van der Waals surface area contributed by atoms with Gasteiger partial charge in [-0.2, -0.15) is 0 Å². The molecular formula is C18H22N2O3S. The zero-order valence-corrected chi connectivity index (χ0v) is 14.8. The number of sulfone groups is 1. The van der Waals surface area contributed by atoms with Crippen LogP contribution >= 0.6 is 0 Å². The van der Waals surface area contributed by atoms with Crippen molar-refractivity contribution in [2.75, 3.05) is 18.1 Å². The molecule has 1 atom stereocenters. The molecule has 1 unspecified atom stereocenters. The van der Waals surface area contributed by atoms with Crippen molar-refractivity contribution in [1.29, 1.82) is 0 Å². The molecule has 0 spiro atoms. The van der Waals surface area contributed by atoms with E-state index in [4.69, 9.17) is 0 Å². The van der Waals surface area contributed by atoms with Crippen LogP contribution in [0.2, 0.25) is 0 Å². The minimum atomic E-state index is -3.01. The summed E-state index contributed by atoms with van der Waals surface area (Å²) in [4.78, 5) is 14.6. The van der Waals surface area contributed by atoms with Gasteiger partial charge in [-0.3, -0.25) is 4.79 Å². The van der Waals surface area contributed by atoms with Gasteiger partial charge >= 0.3 is 0 Å². The third-order valence-corrected chi connectivity index (χ3v) is 6.41. The molecule has 0 radical (unpaired) electrons. The van der Waals surface area contributed by atoms with Crippen molar-refractivity contribution in [3.63, 3.8) is 0 Å². The largest absolute Gasteiger partial charge is 0.340 e. The minimum absolute atomic E-state index is 0.0720. The number of hydrogen-bond acceptors (Lipinski definition) is 3. The normalized spacial score (nSPS) is 19.3. The number of aromatic nitrogens is 1. The molecule has 1 aromatic carbocycles. The number of amides is 1. The molecule has 0 saturated carbocycles. The molecule has 1 amide bonds. The van der Waals surface area contributed by atoms with E-state index < -0.39 is 9.84 Å². The lowest BCUT2D eigenvalue weighted by molar-refractivity contribution is 0.0699. The Morgan fingerprint density at radius 3 is 2.50 bits per heavy atom. The van der Waals surface area contributed by atoms with E-state index >= 15 is 0 Å². The molecule has 1 aliphatic rings. The Bertz CT molecular complexity index is 840. The Kier molecular flexibility index (Phi) is 4.49. The molecule has 1 aliphatic heterocycles. The van der Waals surface area contributed by atoms with Gasteiger partial charge in [0.2, 0.25) is 0 Å². The SMILES string of the molecule is CCN(C(=O)c1ccc(-c2ccccc2)n1C)C1CCS(=O)(=O)C1. The Balaban J connectivity index is 1.88. The first-order chi connectivity index (χ1) is 11.4. The first-order valence-electron chi connectivity index (χ1n) is 8.15. The second-order valence-electron chi connectivity index (χ2n) is 6.18. The summed E-state index contributed by atoms with van der Waals surface area (Å²) < 4.78 is 25.3. The Hall–Kier alpha value is -2.08. The summed E-state index contributed by atoms with van der Waals surface area (Å²) in [6.07, 6.45) is 0.526. The predicted molar refractivity (Wildman–Crippen MR) is 94.6 cm³/mol. The average Bonchev–Trinajstić information content (AvgIpc) is 3.11. The fourth-order valence-corrected chi connectivity index (χ4v) is 5.09. The maximum atomic E-state index is 12.9. The summed E-state index contributed by atoms with van der Waals surface area (Å²) >= 11 is 0. The summed E-state index contributed by atoms with van der Waals surface area (Å²) in [6, 6.07) is 13.4. The molecule has 5 nitrogen and oxygen atoms in total. The van der Waals surface area contributed by atoms with Gasteiger partial charge in [-0.15, -0.1) is 0 Å². The van der Waals surface area contributed by atoms with Gasteiger partial charge in [-0.25, -0.2) is 8.42 Å². The third-order valence-electron chi connectivity index (χ3n) is 4.66. The van der Waals surface area contributed by atoms with Crippen molar-refractivity contribution < 1.29 is 13.2 Å². The monoisotopic (exact) mass is 346 g/mol. The van der Waals surface area contributed by atoms with E-state index in [1.54, 1.807) is 4.90 Å². The molecular weight excluding hydrogens is 324 g/mol. The van der Waals surface area contributed by atoms with Crippen LogP contribution in [0, 0.1) is 0 Å². The standard InChI is InChI=1S/C18H22N2O3S/c1-3-20(15-11-12-24(22,23)13-15)18(21)17-10-9-16(19(17)2)14-7-5-4-6-8-14/h4-10,15H,3,11-13H2,1-2H3. The van der Waals surface area contributed by atoms with E-state index in [2.05, 4.69) is 0 Å². The number of carbonyl (C=O) groups is 1. The maximum absolute atomic E-state index is 12.9. The van der Waals surface area contributed by atoms with Crippen LogP contribution in [0.5, 0.6) is 0 Å². The van der Waals surface area contributed by atoms with Crippen LogP contribution in [0.1, 0.15) is 23.8 Å². The first kappa shape index (κ1) is 16.8. The topological polar surface area (TPSA) is 59.4 Å². The molecule has 0 N–H and O–H groups in total. The quantitative estimate of drug-likeness (QED) is 0.854. The molecule has 128 valence electrons. The van der Waals surface area contributed by atoms with E-state index in [0.717, 1.165) is 11.3 Å². The number of hydrogen-bond donors (Lipinski definition) is 0. The highest BCUT2D eigenvalue weighted by molar-refractivity contribution is 7.91. The lowest BCUT2D eigenvalue weighted by atomic mass is 10.2. The molecule has 0 bridgehead atoms. The molecule has 2 heterocycles. The first-order valence-corrected chi connectivity index (χ1v) is 9.97.